The molecule has 4 aromatic rings. The number of aliphatic imine (C=N–C) groups is 1. The zero-order valence-corrected chi connectivity index (χ0v) is 20.5. The molecule has 188 valence electrons. The van der Waals surface area contributed by atoms with Gasteiger partial charge in [-0.25, -0.2) is 19.4 Å². The molecule has 0 spiro atoms. The predicted molar refractivity (Wildman–Crippen MR) is 140 cm³/mol. The SMILES string of the molecule is O[C@H]1C[C@@H]2OC(Cc3ccc4ncnc(Nc5ccc(OCc6cccc(F)c6)c(Cl)c5)c4c3)=N[C@@H]2C1. The number of anilines is 2. The van der Waals surface area contributed by atoms with E-state index in [9.17, 15) is 9.50 Å². The fourth-order valence-electron chi connectivity index (χ4n) is 4.80. The standard InChI is InChI=1S/C28H24ClFN4O3/c29-22-11-19(5-7-25(22)36-14-17-2-1-3-18(30)8-17)33-28-21-9-16(4-6-23(21)31-15-32-28)10-27-34-24-12-20(35)13-26(24)37-27/h1-9,11,15,20,24,26,35H,10,12-14H2,(H,31,32,33)/t20-,24-,26+/m1/s1. The second-order valence-electron chi connectivity index (χ2n) is 9.31. The summed E-state index contributed by atoms with van der Waals surface area (Å²) in [5.41, 5.74) is 3.29. The molecule has 1 aliphatic carbocycles. The van der Waals surface area contributed by atoms with Crippen LogP contribution in [0.25, 0.3) is 10.9 Å². The van der Waals surface area contributed by atoms with E-state index in [-0.39, 0.29) is 30.7 Å². The summed E-state index contributed by atoms with van der Waals surface area (Å²) in [6.45, 7) is 0.209. The maximum Gasteiger partial charge on any atom is 0.188 e. The Balaban J connectivity index is 1.17. The molecule has 7 nitrogen and oxygen atoms in total. The molecule has 0 unspecified atom stereocenters. The Morgan fingerprint density at radius 3 is 2.81 bits per heavy atom. The van der Waals surface area contributed by atoms with Crippen LogP contribution in [-0.2, 0) is 17.8 Å². The monoisotopic (exact) mass is 518 g/mol. The van der Waals surface area contributed by atoms with E-state index in [2.05, 4.69) is 20.3 Å². The maximum absolute atomic E-state index is 13.4. The molecule has 2 N–H and O–H groups in total. The zero-order chi connectivity index (χ0) is 25.4. The van der Waals surface area contributed by atoms with Gasteiger partial charge in [0.25, 0.3) is 0 Å². The van der Waals surface area contributed by atoms with Crippen LogP contribution in [-0.4, -0.2) is 39.2 Å². The number of aliphatic hydroxyl groups excluding tert-OH is 1. The molecule has 1 aliphatic heterocycles. The van der Waals surface area contributed by atoms with Gasteiger partial charge in [0.15, 0.2) is 5.90 Å². The molecule has 0 bridgehead atoms. The van der Waals surface area contributed by atoms with Gasteiger partial charge in [-0.2, -0.15) is 0 Å². The minimum Gasteiger partial charge on any atom is -0.487 e. The Hall–Kier alpha value is -3.75. The Kier molecular flexibility index (Phi) is 6.36. The van der Waals surface area contributed by atoms with Crippen molar-refractivity contribution in [3.8, 4) is 5.75 Å². The lowest BCUT2D eigenvalue weighted by molar-refractivity contribution is 0.147. The van der Waals surface area contributed by atoms with Gasteiger partial charge >= 0.3 is 0 Å². The van der Waals surface area contributed by atoms with E-state index >= 15 is 0 Å². The molecule has 2 heterocycles. The first-order valence-electron chi connectivity index (χ1n) is 12.1. The number of nitrogens with zero attached hydrogens (tertiary/aromatic N) is 3. The first-order chi connectivity index (χ1) is 18.0. The van der Waals surface area contributed by atoms with Gasteiger partial charge in [0.05, 0.1) is 22.7 Å². The molecule has 3 aromatic carbocycles. The molecule has 0 saturated heterocycles. The summed E-state index contributed by atoms with van der Waals surface area (Å²) in [5.74, 6) is 1.54. The highest BCUT2D eigenvalue weighted by Crippen LogP contribution is 2.33. The number of hydrogen-bond acceptors (Lipinski definition) is 7. The summed E-state index contributed by atoms with van der Waals surface area (Å²) in [5, 5.41) is 14.4. The lowest BCUT2D eigenvalue weighted by Gasteiger charge is -2.13. The fourth-order valence-corrected chi connectivity index (χ4v) is 5.04. The molecule has 9 heteroatoms. The van der Waals surface area contributed by atoms with Gasteiger partial charge in [-0.3, -0.25) is 0 Å². The molecular weight excluding hydrogens is 495 g/mol. The van der Waals surface area contributed by atoms with Gasteiger partial charge < -0.3 is 19.9 Å². The molecule has 2 aliphatic rings. The second-order valence-corrected chi connectivity index (χ2v) is 9.72. The number of benzene rings is 3. The van der Waals surface area contributed by atoms with Gasteiger partial charge in [0, 0.05) is 23.9 Å². The van der Waals surface area contributed by atoms with Crippen LogP contribution >= 0.6 is 11.6 Å². The molecule has 1 fully saturated rings. The Morgan fingerprint density at radius 1 is 1.05 bits per heavy atom. The first kappa shape index (κ1) is 23.6. The number of hydrogen-bond donors (Lipinski definition) is 2. The lowest BCUT2D eigenvalue weighted by Crippen LogP contribution is -2.16. The van der Waals surface area contributed by atoms with Crippen molar-refractivity contribution in [1.29, 1.82) is 0 Å². The first-order valence-corrected chi connectivity index (χ1v) is 12.5. The van der Waals surface area contributed by atoms with Crippen LogP contribution in [0.1, 0.15) is 24.0 Å². The average molecular weight is 519 g/mol. The number of halogens is 2. The summed E-state index contributed by atoms with van der Waals surface area (Å²) >= 11 is 6.47. The number of nitrogens with one attached hydrogen (secondary N) is 1. The van der Waals surface area contributed by atoms with Crippen molar-refractivity contribution in [2.24, 2.45) is 4.99 Å². The highest BCUT2D eigenvalue weighted by Gasteiger charge is 2.39. The van der Waals surface area contributed by atoms with Crippen LogP contribution in [0, 0.1) is 5.82 Å². The number of aliphatic hydroxyl groups is 1. The van der Waals surface area contributed by atoms with E-state index in [1.807, 2.05) is 24.3 Å². The fraction of sp³-hybridized carbons (Fsp3) is 0.250. The van der Waals surface area contributed by atoms with Crippen molar-refractivity contribution in [3.05, 3.63) is 89.0 Å². The Bertz CT molecular complexity index is 1500. The van der Waals surface area contributed by atoms with Crippen molar-refractivity contribution >= 4 is 39.9 Å². The summed E-state index contributed by atoms with van der Waals surface area (Å²) in [4.78, 5) is 13.5. The molecule has 37 heavy (non-hydrogen) atoms. The van der Waals surface area contributed by atoms with Crippen LogP contribution in [0.2, 0.25) is 5.02 Å². The van der Waals surface area contributed by atoms with E-state index in [0.29, 0.717) is 41.8 Å². The minimum absolute atomic E-state index is 0.0171. The minimum atomic E-state index is -0.325. The third-order valence-corrected chi connectivity index (χ3v) is 6.87. The molecule has 3 atom stereocenters. The Morgan fingerprint density at radius 2 is 1.97 bits per heavy atom. The summed E-state index contributed by atoms with van der Waals surface area (Å²) in [6.07, 6.45) is 3.03. The van der Waals surface area contributed by atoms with Crippen LogP contribution in [0.3, 0.4) is 0 Å². The van der Waals surface area contributed by atoms with E-state index < -0.39 is 0 Å². The molecule has 0 amide bonds. The quantitative estimate of drug-likeness (QED) is 0.331. The third-order valence-electron chi connectivity index (χ3n) is 6.58. The van der Waals surface area contributed by atoms with E-state index in [1.165, 1.54) is 18.5 Å². The van der Waals surface area contributed by atoms with E-state index in [1.54, 1.807) is 24.3 Å². The largest absolute Gasteiger partial charge is 0.487 e. The van der Waals surface area contributed by atoms with Crippen molar-refractivity contribution in [3.63, 3.8) is 0 Å². The van der Waals surface area contributed by atoms with Gasteiger partial charge in [0.1, 0.15) is 36.4 Å². The normalized spacial score (nSPS) is 20.4. The third kappa shape index (κ3) is 5.21. The number of aromatic nitrogens is 2. The summed E-state index contributed by atoms with van der Waals surface area (Å²) < 4.78 is 25.2. The highest BCUT2D eigenvalue weighted by molar-refractivity contribution is 6.32. The molecular formula is C28H24ClFN4O3. The lowest BCUT2D eigenvalue weighted by atomic mass is 10.1. The van der Waals surface area contributed by atoms with Crippen LogP contribution in [0.4, 0.5) is 15.9 Å². The van der Waals surface area contributed by atoms with Crippen LogP contribution < -0.4 is 10.1 Å². The topological polar surface area (TPSA) is 88.9 Å². The number of ether oxygens (including phenoxy) is 2. The van der Waals surface area contributed by atoms with Gasteiger partial charge in [-0.1, -0.05) is 29.8 Å². The smallest absolute Gasteiger partial charge is 0.188 e. The summed E-state index contributed by atoms with van der Waals surface area (Å²) in [7, 11) is 0. The van der Waals surface area contributed by atoms with Crippen LogP contribution in [0.5, 0.6) is 5.75 Å². The molecule has 1 saturated carbocycles. The molecule has 6 rings (SSSR count). The summed E-state index contributed by atoms with van der Waals surface area (Å²) in [6, 6.07) is 17.7. The Labute approximate surface area is 218 Å². The average Bonchev–Trinajstić information content (AvgIpc) is 3.40. The predicted octanol–water partition coefficient (Wildman–Crippen LogP) is 5.61. The number of rotatable bonds is 7. The van der Waals surface area contributed by atoms with Gasteiger partial charge in [-0.15, -0.1) is 0 Å². The maximum atomic E-state index is 13.4. The molecule has 1 aromatic heterocycles. The van der Waals surface area contributed by atoms with E-state index in [0.717, 1.165) is 27.7 Å². The van der Waals surface area contributed by atoms with Crippen LogP contribution in [0.15, 0.2) is 72.0 Å². The molecule has 0 radical (unpaired) electrons. The highest BCUT2D eigenvalue weighted by atomic mass is 35.5. The van der Waals surface area contributed by atoms with Gasteiger partial charge in [-0.05, 0) is 60.0 Å². The van der Waals surface area contributed by atoms with E-state index in [4.69, 9.17) is 21.1 Å². The van der Waals surface area contributed by atoms with Crippen molar-refractivity contribution in [1.82, 2.24) is 9.97 Å². The van der Waals surface area contributed by atoms with Crippen molar-refractivity contribution in [2.45, 2.75) is 44.1 Å². The zero-order valence-electron chi connectivity index (χ0n) is 19.8. The van der Waals surface area contributed by atoms with Crippen molar-refractivity contribution in [2.75, 3.05) is 5.32 Å². The van der Waals surface area contributed by atoms with Crippen molar-refractivity contribution < 1.29 is 19.0 Å². The van der Waals surface area contributed by atoms with Gasteiger partial charge in [0.2, 0.25) is 0 Å². The number of fused-ring (bicyclic) bond motifs is 2. The second kappa shape index (κ2) is 9.95.